The lowest BCUT2D eigenvalue weighted by atomic mass is 10.2. The third-order valence-electron chi connectivity index (χ3n) is 3.72. The van der Waals surface area contributed by atoms with Gasteiger partial charge in [-0.05, 0) is 48.0 Å². The summed E-state index contributed by atoms with van der Waals surface area (Å²) >= 11 is 5.88. The van der Waals surface area contributed by atoms with E-state index in [9.17, 15) is 4.79 Å². The molecule has 0 bridgehead atoms. The number of ether oxygens (including phenoxy) is 3. The van der Waals surface area contributed by atoms with Crippen LogP contribution in [0.2, 0.25) is 5.02 Å². The van der Waals surface area contributed by atoms with Gasteiger partial charge in [-0.2, -0.15) is 4.98 Å². The van der Waals surface area contributed by atoms with Crippen molar-refractivity contribution < 1.29 is 23.5 Å². The van der Waals surface area contributed by atoms with Crippen LogP contribution < -0.4 is 9.47 Å². The highest BCUT2D eigenvalue weighted by molar-refractivity contribution is 6.30. The Bertz CT molecular complexity index is 983. The van der Waals surface area contributed by atoms with Gasteiger partial charge in [-0.1, -0.05) is 22.8 Å². The van der Waals surface area contributed by atoms with Crippen molar-refractivity contribution in [2.24, 2.45) is 0 Å². The maximum atomic E-state index is 11.2. The Morgan fingerprint density at radius 3 is 2.64 bits per heavy atom. The van der Waals surface area contributed by atoms with E-state index in [1.165, 1.54) is 20.3 Å². The summed E-state index contributed by atoms with van der Waals surface area (Å²) in [5.41, 5.74) is 1.55. The fraction of sp³-hybridized carbons (Fsp3) is 0.150. The zero-order chi connectivity index (χ0) is 19.9. The zero-order valence-corrected chi connectivity index (χ0v) is 16.0. The molecule has 144 valence electrons. The minimum Gasteiger partial charge on any atom is -0.493 e. The molecule has 0 aliphatic carbocycles. The lowest BCUT2D eigenvalue weighted by Gasteiger charge is -2.09. The van der Waals surface area contributed by atoms with Gasteiger partial charge < -0.3 is 18.7 Å². The highest BCUT2D eigenvalue weighted by atomic mass is 35.5. The van der Waals surface area contributed by atoms with Gasteiger partial charge in [0.15, 0.2) is 18.1 Å². The van der Waals surface area contributed by atoms with Crippen LogP contribution in [0.4, 0.5) is 0 Å². The minimum absolute atomic E-state index is 0.0777. The molecular formula is C20H17ClN2O5. The van der Waals surface area contributed by atoms with Gasteiger partial charge in [0.1, 0.15) is 0 Å². The highest BCUT2D eigenvalue weighted by Gasteiger charge is 2.11. The van der Waals surface area contributed by atoms with Crippen LogP contribution in [0.5, 0.6) is 11.5 Å². The van der Waals surface area contributed by atoms with Crippen molar-refractivity contribution in [3.63, 3.8) is 0 Å². The van der Waals surface area contributed by atoms with E-state index in [2.05, 4.69) is 14.9 Å². The first kappa shape index (κ1) is 19.4. The van der Waals surface area contributed by atoms with Crippen molar-refractivity contribution in [2.45, 2.75) is 6.61 Å². The summed E-state index contributed by atoms with van der Waals surface area (Å²) in [6.07, 6.45) is 2.95. The molecule has 0 radical (unpaired) electrons. The summed E-state index contributed by atoms with van der Waals surface area (Å²) in [6.45, 7) is 0.0777. The first-order valence-electron chi connectivity index (χ1n) is 8.24. The molecule has 2 aromatic carbocycles. The SMILES string of the molecule is COC(=O)/C=C/c1ccc(OCc2nc(-c3ccc(Cl)cc3)no2)c(OC)c1. The van der Waals surface area contributed by atoms with E-state index in [-0.39, 0.29) is 6.61 Å². The summed E-state index contributed by atoms with van der Waals surface area (Å²) < 4.78 is 20.9. The molecule has 1 heterocycles. The number of methoxy groups -OCH3 is 2. The predicted molar refractivity (Wildman–Crippen MR) is 103 cm³/mol. The molecular weight excluding hydrogens is 384 g/mol. The second kappa shape index (κ2) is 9.05. The average molecular weight is 401 g/mol. The van der Waals surface area contributed by atoms with E-state index < -0.39 is 5.97 Å². The smallest absolute Gasteiger partial charge is 0.330 e. The van der Waals surface area contributed by atoms with E-state index in [0.29, 0.717) is 28.2 Å². The third kappa shape index (κ3) is 4.89. The monoisotopic (exact) mass is 400 g/mol. The number of hydrogen-bond acceptors (Lipinski definition) is 7. The van der Waals surface area contributed by atoms with E-state index in [0.717, 1.165) is 11.1 Å². The van der Waals surface area contributed by atoms with Crippen LogP contribution in [-0.4, -0.2) is 30.3 Å². The average Bonchev–Trinajstić information content (AvgIpc) is 3.20. The number of halogens is 1. The van der Waals surface area contributed by atoms with Crippen LogP contribution >= 0.6 is 11.6 Å². The predicted octanol–water partition coefficient (Wildman–Crippen LogP) is 4.16. The molecule has 0 spiro atoms. The number of carbonyl (C=O) groups excluding carboxylic acids is 1. The zero-order valence-electron chi connectivity index (χ0n) is 15.2. The molecule has 28 heavy (non-hydrogen) atoms. The van der Waals surface area contributed by atoms with Crippen molar-refractivity contribution in [3.8, 4) is 22.9 Å². The molecule has 1 aromatic heterocycles. The second-order valence-corrected chi connectivity index (χ2v) is 6.01. The molecule has 8 heteroatoms. The molecule has 3 rings (SSSR count). The number of aromatic nitrogens is 2. The normalized spacial score (nSPS) is 10.8. The van der Waals surface area contributed by atoms with Gasteiger partial charge in [-0.15, -0.1) is 0 Å². The molecule has 0 amide bonds. The van der Waals surface area contributed by atoms with Crippen molar-refractivity contribution >= 4 is 23.6 Å². The Labute approximate surface area is 166 Å². The van der Waals surface area contributed by atoms with Gasteiger partial charge in [0, 0.05) is 16.7 Å². The lowest BCUT2D eigenvalue weighted by Crippen LogP contribution is -1.98. The standard InChI is InChI=1S/C20H17ClN2O5/c1-25-17-11-13(4-10-19(24)26-2)3-9-16(17)27-12-18-22-20(23-28-18)14-5-7-15(21)8-6-14/h3-11H,12H2,1-2H3/b10-4+. The second-order valence-electron chi connectivity index (χ2n) is 5.57. The Kier molecular flexibility index (Phi) is 6.29. The number of hydrogen-bond donors (Lipinski definition) is 0. The van der Waals surface area contributed by atoms with Gasteiger partial charge in [-0.3, -0.25) is 0 Å². The van der Waals surface area contributed by atoms with E-state index in [1.54, 1.807) is 48.5 Å². The Balaban J connectivity index is 1.68. The van der Waals surface area contributed by atoms with Crippen LogP contribution in [0.15, 0.2) is 53.1 Å². The molecule has 0 unspecified atom stereocenters. The summed E-state index contributed by atoms with van der Waals surface area (Å²) in [4.78, 5) is 15.5. The lowest BCUT2D eigenvalue weighted by molar-refractivity contribution is -0.134. The number of benzene rings is 2. The number of carbonyl (C=O) groups is 1. The molecule has 0 saturated heterocycles. The maximum absolute atomic E-state index is 11.2. The first-order valence-corrected chi connectivity index (χ1v) is 8.62. The van der Waals surface area contributed by atoms with Crippen LogP contribution in [0.1, 0.15) is 11.5 Å². The number of esters is 1. The largest absolute Gasteiger partial charge is 0.493 e. The van der Waals surface area contributed by atoms with Gasteiger partial charge in [0.05, 0.1) is 14.2 Å². The Morgan fingerprint density at radius 1 is 1.14 bits per heavy atom. The summed E-state index contributed by atoms with van der Waals surface area (Å²) in [6, 6.07) is 12.4. The van der Waals surface area contributed by atoms with E-state index >= 15 is 0 Å². The molecule has 0 aliphatic rings. The summed E-state index contributed by atoms with van der Waals surface area (Å²) in [5, 5.41) is 4.57. The highest BCUT2D eigenvalue weighted by Crippen LogP contribution is 2.29. The molecule has 0 N–H and O–H groups in total. The Hall–Kier alpha value is -3.32. The van der Waals surface area contributed by atoms with Crippen molar-refractivity contribution in [1.82, 2.24) is 10.1 Å². The van der Waals surface area contributed by atoms with Gasteiger partial charge in [0.2, 0.25) is 5.82 Å². The molecule has 0 atom stereocenters. The summed E-state index contributed by atoms with van der Waals surface area (Å²) in [7, 11) is 2.85. The van der Waals surface area contributed by atoms with Crippen LogP contribution in [0.25, 0.3) is 17.5 Å². The van der Waals surface area contributed by atoms with Crippen LogP contribution in [0.3, 0.4) is 0 Å². The number of rotatable bonds is 7. The first-order chi connectivity index (χ1) is 13.6. The molecule has 0 aliphatic heterocycles. The molecule has 0 saturated carbocycles. The van der Waals surface area contributed by atoms with Crippen molar-refractivity contribution in [1.29, 1.82) is 0 Å². The molecule has 0 fully saturated rings. The maximum Gasteiger partial charge on any atom is 0.330 e. The third-order valence-corrected chi connectivity index (χ3v) is 3.97. The van der Waals surface area contributed by atoms with Crippen molar-refractivity contribution in [3.05, 3.63) is 65.0 Å². The fourth-order valence-electron chi connectivity index (χ4n) is 2.31. The van der Waals surface area contributed by atoms with Crippen LogP contribution in [-0.2, 0) is 16.1 Å². The minimum atomic E-state index is -0.438. The van der Waals surface area contributed by atoms with Gasteiger partial charge in [0.25, 0.3) is 5.89 Å². The van der Waals surface area contributed by atoms with Crippen LogP contribution in [0, 0.1) is 0 Å². The number of nitrogens with zero attached hydrogens (tertiary/aromatic N) is 2. The fourth-order valence-corrected chi connectivity index (χ4v) is 2.43. The van der Waals surface area contributed by atoms with E-state index in [1.807, 2.05) is 0 Å². The van der Waals surface area contributed by atoms with E-state index in [4.69, 9.17) is 25.6 Å². The topological polar surface area (TPSA) is 83.7 Å². The molecule has 7 nitrogen and oxygen atoms in total. The summed E-state index contributed by atoms with van der Waals surface area (Å²) in [5.74, 6) is 1.34. The van der Waals surface area contributed by atoms with Crippen molar-refractivity contribution in [2.75, 3.05) is 14.2 Å². The quantitative estimate of drug-likeness (QED) is 0.434. The van der Waals surface area contributed by atoms with Gasteiger partial charge in [-0.25, -0.2) is 4.79 Å². The molecule has 3 aromatic rings. The van der Waals surface area contributed by atoms with Gasteiger partial charge >= 0.3 is 5.97 Å². The Morgan fingerprint density at radius 2 is 1.93 bits per heavy atom.